The van der Waals surface area contributed by atoms with Gasteiger partial charge in [0.05, 0.1) is 6.21 Å². The zero-order valence-electron chi connectivity index (χ0n) is 12.5. The van der Waals surface area contributed by atoms with E-state index in [-0.39, 0.29) is 11.8 Å². The van der Waals surface area contributed by atoms with Crippen LogP contribution in [0.1, 0.15) is 31.2 Å². The predicted octanol–water partition coefficient (Wildman–Crippen LogP) is 3.73. The van der Waals surface area contributed by atoms with Gasteiger partial charge in [-0.15, -0.1) is 0 Å². The molecule has 2 aromatic carbocycles. The van der Waals surface area contributed by atoms with Crippen LogP contribution in [0.25, 0.3) is 10.8 Å². The van der Waals surface area contributed by atoms with Crippen molar-refractivity contribution in [3.05, 3.63) is 48.0 Å². The monoisotopic (exact) mass is 292 g/mol. The molecule has 0 heterocycles. The highest BCUT2D eigenvalue weighted by Gasteiger charge is 2.54. The second-order valence-corrected chi connectivity index (χ2v) is 6.48. The van der Waals surface area contributed by atoms with Crippen LogP contribution in [0.5, 0.6) is 0 Å². The lowest BCUT2D eigenvalue weighted by Gasteiger charge is -2.04. The van der Waals surface area contributed by atoms with E-state index in [2.05, 4.69) is 34.8 Å². The maximum Gasteiger partial charge on any atom is 0.243 e. The van der Waals surface area contributed by atoms with Crippen molar-refractivity contribution in [1.29, 1.82) is 0 Å². The fraction of sp³-hybridized carbons (Fsp3) is 0.368. The summed E-state index contributed by atoms with van der Waals surface area (Å²) in [6, 6.07) is 14.4. The summed E-state index contributed by atoms with van der Waals surface area (Å²) in [5.74, 6) is 1.58. The molecule has 0 bridgehead atoms. The minimum absolute atomic E-state index is 0.105. The normalized spacial score (nSPS) is 26.8. The Morgan fingerprint density at radius 3 is 2.55 bits per heavy atom. The molecular formula is C19H20N2O. The molecule has 0 aliphatic heterocycles. The lowest BCUT2D eigenvalue weighted by Crippen LogP contribution is -2.20. The highest BCUT2D eigenvalue weighted by atomic mass is 16.2. The van der Waals surface area contributed by atoms with Crippen LogP contribution in [0.2, 0.25) is 0 Å². The van der Waals surface area contributed by atoms with Crippen molar-refractivity contribution in [1.82, 2.24) is 5.43 Å². The van der Waals surface area contributed by atoms with Gasteiger partial charge in [-0.2, -0.15) is 5.10 Å². The lowest BCUT2D eigenvalue weighted by molar-refractivity contribution is -0.122. The molecule has 2 aromatic rings. The van der Waals surface area contributed by atoms with Gasteiger partial charge in [0.1, 0.15) is 0 Å². The molecule has 2 aliphatic rings. The third-order valence-corrected chi connectivity index (χ3v) is 5.12. The molecule has 0 radical (unpaired) electrons. The third-order valence-electron chi connectivity index (χ3n) is 5.12. The Labute approximate surface area is 130 Å². The number of fused-ring (bicyclic) bond motifs is 2. The first-order valence-corrected chi connectivity index (χ1v) is 8.15. The molecule has 0 saturated heterocycles. The van der Waals surface area contributed by atoms with Crippen LogP contribution in [-0.2, 0) is 4.79 Å². The van der Waals surface area contributed by atoms with Crippen molar-refractivity contribution >= 4 is 22.9 Å². The molecule has 2 atom stereocenters. The average Bonchev–Trinajstić information content (AvgIpc) is 3.29. The van der Waals surface area contributed by atoms with E-state index in [9.17, 15) is 4.79 Å². The van der Waals surface area contributed by atoms with Gasteiger partial charge in [-0.05, 0) is 47.1 Å². The van der Waals surface area contributed by atoms with Gasteiger partial charge < -0.3 is 0 Å². The van der Waals surface area contributed by atoms with E-state index in [0.717, 1.165) is 5.56 Å². The van der Waals surface area contributed by atoms with Crippen molar-refractivity contribution in [3.8, 4) is 0 Å². The lowest BCUT2D eigenvalue weighted by atomic mass is 10.0. The summed E-state index contributed by atoms with van der Waals surface area (Å²) >= 11 is 0. The summed E-state index contributed by atoms with van der Waals surface area (Å²) < 4.78 is 0. The summed E-state index contributed by atoms with van der Waals surface area (Å²) in [5.41, 5.74) is 3.73. The second kappa shape index (κ2) is 5.56. The Morgan fingerprint density at radius 2 is 1.77 bits per heavy atom. The van der Waals surface area contributed by atoms with Gasteiger partial charge >= 0.3 is 0 Å². The van der Waals surface area contributed by atoms with Crippen LogP contribution in [0.15, 0.2) is 47.6 Å². The van der Waals surface area contributed by atoms with Gasteiger partial charge in [0, 0.05) is 5.92 Å². The van der Waals surface area contributed by atoms with Crippen molar-refractivity contribution in [2.45, 2.75) is 25.7 Å². The van der Waals surface area contributed by atoms with Crippen LogP contribution < -0.4 is 5.43 Å². The average molecular weight is 292 g/mol. The van der Waals surface area contributed by atoms with E-state index in [1.165, 1.54) is 36.5 Å². The Morgan fingerprint density at radius 1 is 1.05 bits per heavy atom. The zero-order valence-corrected chi connectivity index (χ0v) is 12.5. The van der Waals surface area contributed by atoms with Crippen LogP contribution in [0.4, 0.5) is 0 Å². The molecule has 0 aromatic heterocycles. The first-order chi connectivity index (χ1) is 10.8. The van der Waals surface area contributed by atoms with Gasteiger partial charge in [0.2, 0.25) is 5.91 Å². The molecule has 2 aliphatic carbocycles. The summed E-state index contributed by atoms with van der Waals surface area (Å²) in [6.45, 7) is 0. The number of hydrazone groups is 1. The topological polar surface area (TPSA) is 41.5 Å². The fourth-order valence-corrected chi connectivity index (χ4v) is 3.91. The maximum absolute atomic E-state index is 12.1. The number of carbonyl (C=O) groups is 1. The van der Waals surface area contributed by atoms with Crippen molar-refractivity contribution in [2.24, 2.45) is 22.9 Å². The van der Waals surface area contributed by atoms with E-state index < -0.39 is 0 Å². The van der Waals surface area contributed by atoms with E-state index in [0.29, 0.717) is 11.8 Å². The SMILES string of the molecule is O=C(N/N=C\c1ccc2ccccc2c1)C1C2CCCCC21. The molecule has 2 saturated carbocycles. The smallest absolute Gasteiger partial charge is 0.243 e. The van der Waals surface area contributed by atoms with Crippen LogP contribution in [0.3, 0.4) is 0 Å². The van der Waals surface area contributed by atoms with Gasteiger partial charge in [-0.3, -0.25) is 4.79 Å². The number of nitrogens with zero attached hydrogens (tertiary/aromatic N) is 1. The summed E-state index contributed by atoms with van der Waals surface area (Å²) in [6.07, 6.45) is 6.74. The fourth-order valence-electron chi connectivity index (χ4n) is 3.91. The van der Waals surface area contributed by atoms with Gasteiger partial charge in [0.15, 0.2) is 0 Å². The van der Waals surface area contributed by atoms with E-state index in [1.807, 2.05) is 18.2 Å². The zero-order chi connectivity index (χ0) is 14.9. The molecule has 2 fully saturated rings. The number of hydrogen-bond acceptors (Lipinski definition) is 2. The number of hydrogen-bond donors (Lipinski definition) is 1. The van der Waals surface area contributed by atoms with Crippen LogP contribution in [-0.4, -0.2) is 12.1 Å². The van der Waals surface area contributed by atoms with Crippen LogP contribution in [0, 0.1) is 17.8 Å². The third kappa shape index (κ3) is 2.52. The standard InChI is InChI=1S/C19H20N2O/c22-19(18-16-7-3-4-8-17(16)18)21-20-12-13-9-10-14-5-1-2-6-15(14)11-13/h1-2,5-6,9-12,16-18H,3-4,7-8H2,(H,21,22)/b20-12-. The number of amides is 1. The maximum atomic E-state index is 12.1. The first-order valence-electron chi connectivity index (χ1n) is 8.15. The Balaban J connectivity index is 1.40. The minimum Gasteiger partial charge on any atom is -0.273 e. The predicted molar refractivity (Wildman–Crippen MR) is 88.6 cm³/mol. The first kappa shape index (κ1) is 13.5. The van der Waals surface area contributed by atoms with Crippen LogP contribution >= 0.6 is 0 Å². The summed E-state index contributed by atoms with van der Waals surface area (Å²) in [5, 5.41) is 6.54. The molecule has 0 spiro atoms. The molecular weight excluding hydrogens is 272 g/mol. The highest BCUT2D eigenvalue weighted by Crippen LogP contribution is 2.55. The Bertz CT molecular complexity index is 725. The quantitative estimate of drug-likeness (QED) is 0.680. The molecule has 4 rings (SSSR count). The minimum atomic E-state index is 0.105. The van der Waals surface area contributed by atoms with Gasteiger partial charge in [-0.1, -0.05) is 49.2 Å². The molecule has 1 amide bonds. The highest BCUT2D eigenvalue weighted by molar-refractivity contribution is 5.91. The molecule has 3 nitrogen and oxygen atoms in total. The largest absolute Gasteiger partial charge is 0.273 e. The van der Waals surface area contributed by atoms with Gasteiger partial charge in [-0.25, -0.2) is 5.43 Å². The Kier molecular flexibility index (Phi) is 3.41. The molecule has 3 heteroatoms. The summed E-state index contributed by atoms with van der Waals surface area (Å²) in [4.78, 5) is 12.1. The van der Waals surface area contributed by atoms with Crippen molar-refractivity contribution < 1.29 is 4.79 Å². The molecule has 112 valence electrons. The molecule has 1 N–H and O–H groups in total. The number of benzene rings is 2. The number of carbonyl (C=O) groups excluding carboxylic acids is 1. The van der Waals surface area contributed by atoms with Crippen molar-refractivity contribution in [3.63, 3.8) is 0 Å². The Hall–Kier alpha value is -2.16. The van der Waals surface area contributed by atoms with E-state index >= 15 is 0 Å². The van der Waals surface area contributed by atoms with E-state index in [4.69, 9.17) is 0 Å². The summed E-state index contributed by atoms with van der Waals surface area (Å²) in [7, 11) is 0. The second-order valence-electron chi connectivity index (χ2n) is 6.48. The number of nitrogens with one attached hydrogen (secondary N) is 1. The van der Waals surface area contributed by atoms with E-state index in [1.54, 1.807) is 6.21 Å². The number of rotatable bonds is 3. The molecule has 22 heavy (non-hydrogen) atoms. The van der Waals surface area contributed by atoms with Gasteiger partial charge in [0.25, 0.3) is 0 Å². The molecule has 2 unspecified atom stereocenters. The van der Waals surface area contributed by atoms with Crippen molar-refractivity contribution in [2.75, 3.05) is 0 Å².